The molecule has 0 saturated carbocycles. The topological polar surface area (TPSA) is 56.7 Å². The largest absolute Gasteiger partial charge is 0.370 e. The highest BCUT2D eigenvalue weighted by Gasteiger charge is 2.25. The van der Waals surface area contributed by atoms with Gasteiger partial charge in [-0.1, -0.05) is 18.2 Å². The number of rotatable bonds is 4. The lowest BCUT2D eigenvalue weighted by Crippen LogP contribution is -2.44. The maximum Gasteiger partial charge on any atom is 0.167 e. The fourth-order valence-corrected chi connectivity index (χ4v) is 4.37. The van der Waals surface area contributed by atoms with Crippen molar-refractivity contribution in [1.29, 1.82) is 0 Å². The molecule has 6 heteroatoms. The molecule has 1 aromatic heterocycles. The Bertz CT molecular complexity index is 817. The summed E-state index contributed by atoms with van der Waals surface area (Å²) in [7, 11) is 0. The van der Waals surface area contributed by atoms with E-state index in [2.05, 4.69) is 45.3 Å². The summed E-state index contributed by atoms with van der Waals surface area (Å²) in [6.07, 6.45) is 8.28. The van der Waals surface area contributed by atoms with Crippen molar-refractivity contribution >= 4 is 17.2 Å². The van der Waals surface area contributed by atoms with E-state index in [1.165, 1.54) is 11.1 Å². The Balaban J connectivity index is 1.43. The average Bonchev–Trinajstić information content (AvgIpc) is 2.68. The maximum atomic E-state index is 11.0. The van der Waals surface area contributed by atoms with Gasteiger partial charge in [0.25, 0.3) is 0 Å². The lowest BCUT2D eigenvalue weighted by Gasteiger charge is -2.39. The molecule has 2 aliphatic rings. The molecule has 0 spiro atoms. The van der Waals surface area contributed by atoms with Crippen LogP contribution in [0.25, 0.3) is 17.3 Å². The molecular weight excluding hydrogens is 346 g/mol. The van der Waals surface area contributed by atoms with Crippen LogP contribution in [0.3, 0.4) is 0 Å². The van der Waals surface area contributed by atoms with E-state index in [9.17, 15) is 4.21 Å². The maximum absolute atomic E-state index is 11.0. The van der Waals surface area contributed by atoms with Crippen molar-refractivity contribution in [2.24, 2.45) is 0 Å². The SMILES string of the molecule is O=S(O)CN1CCC(N2C=Cc3cc(-c4ccccn4)ccc3C2)CC1. The Morgan fingerprint density at radius 1 is 1.19 bits per heavy atom. The molecular formula is C20H23N3O2S. The van der Waals surface area contributed by atoms with E-state index in [4.69, 9.17) is 4.55 Å². The number of hydrogen-bond acceptors (Lipinski definition) is 4. The molecule has 4 rings (SSSR count). The summed E-state index contributed by atoms with van der Waals surface area (Å²) in [6, 6.07) is 13.1. The van der Waals surface area contributed by atoms with Crippen LogP contribution < -0.4 is 0 Å². The van der Waals surface area contributed by atoms with Crippen LogP contribution in [0.2, 0.25) is 0 Å². The van der Waals surface area contributed by atoms with Gasteiger partial charge in [0, 0.05) is 43.6 Å². The second-order valence-corrected chi connectivity index (χ2v) is 7.82. The van der Waals surface area contributed by atoms with Crippen molar-refractivity contribution in [2.45, 2.75) is 25.4 Å². The van der Waals surface area contributed by atoms with Gasteiger partial charge in [-0.25, -0.2) is 4.21 Å². The molecule has 0 bridgehead atoms. The van der Waals surface area contributed by atoms with Crippen LogP contribution >= 0.6 is 0 Å². The lowest BCUT2D eigenvalue weighted by molar-refractivity contribution is 0.150. The Morgan fingerprint density at radius 3 is 2.77 bits per heavy atom. The molecule has 26 heavy (non-hydrogen) atoms. The zero-order chi connectivity index (χ0) is 17.9. The first kappa shape index (κ1) is 17.4. The van der Waals surface area contributed by atoms with Crippen LogP contribution in [0.1, 0.15) is 24.0 Å². The minimum atomic E-state index is -1.73. The summed E-state index contributed by atoms with van der Waals surface area (Å²) < 4.78 is 20.0. The first-order chi connectivity index (χ1) is 12.7. The molecule has 1 saturated heterocycles. The summed E-state index contributed by atoms with van der Waals surface area (Å²) >= 11 is -1.73. The second-order valence-electron chi connectivity index (χ2n) is 6.92. The van der Waals surface area contributed by atoms with Gasteiger partial charge in [-0.3, -0.25) is 9.88 Å². The van der Waals surface area contributed by atoms with Gasteiger partial charge in [0.15, 0.2) is 11.1 Å². The Hall–Kier alpha value is -2.02. The van der Waals surface area contributed by atoms with Gasteiger partial charge in [-0.05, 0) is 48.2 Å². The molecule has 2 aromatic rings. The van der Waals surface area contributed by atoms with E-state index in [0.29, 0.717) is 6.04 Å². The summed E-state index contributed by atoms with van der Waals surface area (Å²) in [5, 5.41) is 0. The quantitative estimate of drug-likeness (QED) is 0.839. The second kappa shape index (κ2) is 7.70. The van der Waals surface area contributed by atoms with Crippen molar-refractivity contribution in [3.05, 3.63) is 59.9 Å². The standard InChI is InChI=1S/C20H23N3O2S/c24-26(25)15-22-10-7-19(8-11-22)23-12-6-16-13-17(4-5-18(16)14-23)20-3-1-2-9-21-20/h1-6,9,12-13,19H,7-8,10-11,14-15H2,(H,24,25). The van der Waals surface area contributed by atoms with Gasteiger partial charge in [0.2, 0.25) is 0 Å². The monoisotopic (exact) mass is 369 g/mol. The molecule has 2 aliphatic heterocycles. The van der Waals surface area contributed by atoms with Gasteiger partial charge in [0.05, 0.1) is 5.69 Å². The summed E-state index contributed by atoms with van der Waals surface area (Å²) in [5.41, 5.74) is 4.75. The number of pyridine rings is 1. The number of piperidine rings is 1. The summed E-state index contributed by atoms with van der Waals surface area (Å²) in [4.78, 5) is 8.92. The van der Waals surface area contributed by atoms with Crippen molar-refractivity contribution in [2.75, 3.05) is 19.0 Å². The third-order valence-corrected chi connectivity index (χ3v) is 5.81. The van der Waals surface area contributed by atoms with Crippen molar-refractivity contribution in [3.63, 3.8) is 0 Å². The zero-order valence-corrected chi connectivity index (χ0v) is 15.4. The minimum absolute atomic E-state index is 0.266. The summed E-state index contributed by atoms with van der Waals surface area (Å²) in [5.74, 6) is 0.266. The lowest BCUT2D eigenvalue weighted by atomic mass is 9.96. The van der Waals surface area contributed by atoms with E-state index in [1.807, 2.05) is 24.4 Å². The molecule has 0 aliphatic carbocycles. The number of fused-ring (bicyclic) bond motifs is 1. The summed E-state index contributed by atoms with van der Waals surface area (Å²) in [6.45, 7) is 2.69. The van der Waals surface area contributed by atoms with E-state index in [0.717, 1.165) is 43.7 Å². The third kappa shape index (κ3) is 3.87. The fraction of sp³-hybridized carbons (Fsp3) is 0.350. The van der Waals surface area contributed by atoms with Crippen LogP contribution in [-0.4, -0.2) is 48.6 Å². The van der Waals surface area contributed by atoms with Gasteiger partial charge in [0.1, 0.15) is 5.88 Å². The molecule has 136 valence electrons. The highest BCUT2D eigenvalue weighted by atomic mass is 32.2. The first-order valence-electron chi connectivity index (χ1n) is 8.97. The van der Waals surface area contributed by atoms with Crippen LogP contribution in [-0.2, 0) is 17.6 Å². The fourth-order valence-electron chi connectivity index (χ4n) is 3.80. The molecule has 0 amide bonds. The molecule has 0 radical (unpaired) electrons. The van der Waals surface area contributed by atoms with Gasteiger partial charge < -0.3 is 9.45 Å². The number of hydrogen-bond donors (Lipinski definition) is 1. The molecule has 5 nitrogen and oxygen atoms in total. The predicted molar refractivity (Wildman–Crippen MR) is 104 cm³/mol. The van der Waals surface area contributed by atoms with E-state index in [1.54, 1.807) is 0 Å². The van der Waals surface area contributed by atoms with Crippen molar-refractivity contribution < 1.29 is 8.76 Å². The minimum Gasteiger partial charge on any atom is -0.370 e. The molecule has 3 heterocycles. The highest BCUT2D eigenvalue weighted by Crippen LogP contribution is 2.28. The smallest absolute Gasteiger partial charge is 0.167 e. The Labute approximate surface area is 156 Å². The van der Waals surface area contributed by atoms with E-state index in [-0.39, 0.29) is 5.88 Å². The van der Waals surface area contributed by atoms with Crippen LogP contribution in [0.15, 0.2) is 48.8 Å². The van der Waals surface area contributed by atoms with E-state index < -0.39 is 11.1 Å². The number of nitrogens with zero attached hydrogens (tertiary/aromatic N) is 3. The highest BCUT2D eigenvalue weighted by molar-refractivity contribution is 7.79. The molecule has 1 unspecified atom stereocenters. The van der Waals surface area contributed by atoms with Gasteiger partial charge in [-0.2, -0.15) is 0 Å². The Kier molecular flexibility index (Phi) is 5.15. The van der Waals surface area contributed by atoms with Crippen molar-refractivity contribution in [3.8, 4) is 11.3 Å². The number of likely N-dealkylation sites (tertiary alicyclic amines) is 1. The Morgan fingerprint density at radius 2 is 2.04 bits per heavy atom. The molecule has 1 N–H and O–H groups in total. The average molecular weight is 369 g/mol. The van der Waals surface area contributed by atoms with Crippen LogP contribution in [0.5, 0.6) is 0 Å². The van der Waals surface area contributed by atoms with Crippen LogP contribution in [0.4, 0.5) is 0 Å². The number of benzene rings is 1. The number of aromatic nitrogens is 1. The van der Waals surface area contributed by atoms with E-state index >= 15 is 0 Å². The normalized spacial score (nSPS) is 19.3. The van der Waals surface area contributed by atoms with Crippen LogP contribution in [0, 0.1) is 0 Å². The predicted octanol–water partition coefficient (Wildman–Crippen LogP) is 3.18. The zero-order valence-electron chi connectivity index (χ0n) is 14.6. The molecule has 1 fully saturated rings. The van der Waals surface area contributed by atoms with Crippen molar-refractivity contribution in [1.82, 2.24) is 14.8 Å². The molecule has 1 aromatic carbocycles. The third-order valence-electron chi connectivity index (χ3n) is 5.22. The molecule has 1 atom stereocenters. The first-order valence-corrected chi connectivity index (χ1v) is 10.2. The van der Waals surface area contributed by atoms with Gasteiger partial charge in [-0.15, -0.1) is 0 Å². The van der Waals surface area contributed by atoms with Gasteiger partial charge >= 0.3 is 0 Å².